The summed E-state index contributed by atoms with van der Waals surface area (Å²) in [5.41, 5.74) is 6.82. The number of carbonyl (C=O) groups is 4. The Kier molecular flexibility index (Phi) is 8.22. The molecule has 29 heavy (non-hydrogen) atoms. The van der Waals surface area contributed by atoms with Gasteiger partial charge in [-0.2, -0.15) is 5.21 Å². The van der Waals surface area contributed by atoms with Crippen LogP contribution in [0.1, 0.15) is 70.3 Å². The van der Waals surface area contributed by atoms with Crippen LogP contribution in [0, 0.1) is 5.92 Å². The number of nitrogens with two attached hydrogens (primary N) is 1. The van der Waals surface area contributed by atoms with Gasteiger partial charge in [-0.05, 0) is 24.1 Å². The quantitative estimate of drug-likeness (QED) is 0.146. The van der Waals surface area contributed by atoms with Crippen LogP contribution in [-0.2, 0) is 25.6 Å². The summed E-state index contributed by atoms with van der Waals surface area (Å²) in [6.07, 6.45) is 6.31. The largest absolute Gasteiger partial charge is 0.399 e. The second-order valence-corrected chi connectivity index (χ2v) is 7.77. The van der Waals surface area contributed by atoms with E-state index in [4.69, 9.17) is 5.73 Å². The first-order valence-corrected chi connectivity index (χ1v) is 10.4. The minimum atomic E-state index is -1.87. The molecule has 1 aliphatic heterocycles. The molecule has 1 aromatic carbocycles. The van der Waals surface area contributed by atoms with Crippen LogP contribution in [-0.4, -0.2) is 33.4 Å². The van der Waals surface area contributed by atoms with Crippen LogP contribution >= 0.6 is 0 Å². The second kappa shape index (κ2) is 10.4. The number of rotatable bonds is 11. The van der Waals surface area contributed by atoms with Crippen LogP contribution in [0.4, 0.5) is 5.69 Å². The Morgan fingerprint density at radius 1 is 1.03 bits per heavy atom. The highest BCUT2D eigenvalue weighted by Crippen LogP contribution is 2.29. The number of unbranched alkanes of at least 4 members (excludes halogenated alkanes) is 6. The minimum Gasteiger partial charge on any atom is -0.399 e. The molecule has 158 valence electrons. The number of hydrogen-bond acceptors (Lipinski definition) is 6. The molecule has 0 saturated carbocycles. The van der Waals surface area contributed by atoms with E-state index in [1.165, 1.54) is 6.42 Å². The topological polar surface area (TPSA) is 115 Å². The summed E-state index contributed by atoms with van der Waals surface area (Å²) < 4.78 is -1.87. The Labute approximate surface area is 171 Å². The van der Waals surface area contributed by atoms with Crippen LogP contribution in [0.2, 0.25) is 0 Å². The molecule has 0 bridgehead atoms. The third-order valence-electron chi connectivity index (χ3n) is 5.46. The number of benzene rings is 1. The van der Waals surface area contributed by atoms with Gasteiger partial charge in [0.15, 0.2) is 11.7 Å². The number of imide groups is 3. The van der Waals surface area contributed by atoms with E-state index in [1.54, 1.807) is 24.3 Å². The first-order valence-electron chi connectivity index (χ1n) is 10.4. The van der Waals surface area contributed by atoms with Gasteiger partial charge in [0.1, 0.15) is 0 Å². The molecule has 3 amide bonds. The second-order valence-electron chi connectivity index (χ2n) is 7.77. The zero-order chi connectivity index (χ0) is 21.4. The van der Waals surface area contributed by atoms with Gasteiger partial charge in [0.2, 0.25) is 0 Å². The summed E-state index contributed by atoms with van der Waals surface area (Å²) in [7, 11) is 0. The van der Waals surface area contributed by atoms with Crippen molar-refractivity contribution in [1.29, 1.82) is 0 Å². The molecule has 0 aliphatic carbocycles. The number of anilines is 1. The molecule has 0 radical (unpaired) electrons. The molecule has 7 nitrogen and oxygen atoms in total. The highest BCUT2D eigenvalue weighted by atomic mass is 16.6. The SMILES string of the molecule is CCCCCCCCCC(=O)[N+]1(O)C(=O)CC(C(=O)Cc2ccc(N)cc2)C1=O. The van der Waals surface area contributed by atoms with Gasteiger partial charge in [0.25, 0.3) is 0 Å². The van der Waals surface area contributed by atoms with Gasteiger partial charge >= 0.3 is 17.7 Å². The fourth-order valence-electron chi connectivity index (χ4n) is 3.61. The van der Waals surface area contributed by atoms with Crippen LogP contribution < -0.4 is 5.73 Å². The predicted molar refractivity (Wildman–Crippen MR) is 107 cm³/mol. The lowest BCUT2D eigenvalue weighted by atomic mass is 9.96. The number of quaternary nitrogens is 1. The summed E-state index contributed by atoms with van der Waals surface area (Å²) in [6, 6.07) is 6.62. The zero-order valence-corrected chi connectivity index (χ0v) is 17.1. The van der Waals surface area contributed by atoms with Gasteiger partial charge in [0.05, 0.1) is 12.8 Å². The Hall–Kier alpha value is -2.38. The van der Waals surface area contributed by atoms with Crippen molar-refractivity contribution in [2.24, 2.45) is 5.92 Å². The Bertz CT molecular complexity index is 759. The summed E-state index contributed by atoms with van der Waals surface area (Å²) in [4.78, 5) is 49.8. The van der Waals surface area contributed by atoms with Crippen LogP contribution in [0.3, 0.4) is 0 Å². The Balaban J connectivity index is 1.90. The maximum Gasteiger partial charge on any atom is 0.372 e. The fourth-order valence-corrected chi connectivity index (χ4v) is 3.61. The lowest BCUT2D eigenvalue weighted by Crippen LogP contribution is -2.55. The smallest absolute Gasteiger partial charge is 0.372 e. The molecule has 2 rings (SSSR count). The van der Waals surface area contributed by atoms with E-state index in [1.807, 2.05) is 0 Å². The molecular formula is C22H31N2O5+. The van der Waals surface area contributed by atoms with E-state index >= 15 is 0 Å². The lowest BCUT2D eigenvalue weighted by molar-refractivity contribution is -0.905. The molecule has 2 unspecified atom stereocenters. The molecule has 1 heterocycles. The highest BCUT2D eigenvalue weighted by Gasteiger charge is 2.62. The maximum absolute atomic E-state index is 12.6. The molecule has 0 aromatic heterocycles. The molecule has 0 spiro atoms. The number of Topliss-reactive ketones (excluding diaryl/α,β-unsaturated/α-hetero) is 1. The van der Waals surface area contributed by atoms with Crippen molar-refractivity contribution in [3.05, 3.63) is 29.8 Å². The average molecular weight is 403 g/mol. The maximum atomic E-state index is 12.6. The first kappa shape index (κ1) is 22.9. The van der Waals surface area contributed by atoms with Crippen LogP contribution in [0.15, 0.2) is 24.3 Å². The number of ketones is 1. The molecule has 1 aromatic rings. The predicted octanol–water partition coefficient (Wildman–Crippen LogP) is 3.33. The Morgan fingerprint density at radius 2 is 1.62 bits per heavy atom. The highest BCUT2D eigenvalue weighted by molar-refractivity contribution is 6.12. The summed E-state index contributed by atoms with van der Waals surface area (Å²) >= 11 is 0. The average Bonchev–Trinajstić information content (AvgIpc) is 2.94. The summed E-state index contributed by atoms with van der Waals surface area (Å²) in [6.45, 7) is 2.14. The number of hydrogen-bond donors (Lipinski definition) is 2. The molecule has 3 N–H and O–H groups in total. The van der Waals surface area contributed by atoms with Gasteiger partial charge in [-0.1, -0.05) is 57.6 Å². The molecular weight excluding hydrogens is 372 g/mol. The molecule has 2 atom stereocenters. The van der Waals surface area contributed by atoms with Crippen molar-refractivity contribution in [2.75, 3.05) is 5.73 Å². The normalized spacial score (nSPS) is 21.5. The van der Waals surface area contributed by atoms with Crippen molar-refractivity contribution in [3.63, 3.8) is 0 Å². The van der Waals surface area contributed by atoms with Crippen molar-refractivity contribution in [1.82, 2.24) is 0 Å². The van der Waals surface area contributed by atoms with Gasteiger partial charge in [-0.15, -0.1) is 0 Å². The number of likely N-dealkylation sites (tertiary alicyclic amines) is 1. The first-order chi connectivity index (χ1) is 13.8. The van der Waals surface area contributed by atoms with E-state index in [0.717, 1.165) is 32.1 Å². The molecule has 1 fully saturated rings. The number of nitrogens with zero attached hydrogens (tertiary/aromatic N) is 1. The molecule has 1 saturated heterocycles. The van der Waals surface area contributed by atoms with Crippen LogP contribution in [0.25, 0.3) is 0 Å². The van der Waals surface area contributed by atoms with E-state index in [9.17, 15) is 24.4 Å². The van der Waals surface area contributed by atoms with Crippen molar-refractivity contribution in [3.8, 4) is 0 Å². The summed E-state index contributed by atoms with van der Waals surface area (Å²) in [5.74, 6) is -4.55. The van der Waals surface area contributed by atoms with Gasteiger partial charge in [-0.25, -0.2) is 14.4 Å². The van der Waals surface area contributed by atoms with Crippen molar-refractivity contribution in [2.45, 2.75) is 71.1 Å². The third kappa shape index (κ3) is 5.58. The van der Waals surface area contributed by atoms with E-state index in [-0.39, 0.29) is 12.8 Å². The fraction of sp³-hybridized carbons (Fsp3) is 0.545. The minimum absolute atomic E-state index is 0.0549. The number of carbonyl (C=O) groups excluding carboxylic acids is 4. The molecule has 1 aliphatic rings. The van der Waals surface area contributed by atoms with E-state index in [0.29, 0.717) is 17.7 Å². The monoisotopic (exact) mass is 403 g/mol. The van der Waals surface area contributed by atoms with Gasteiger partial charge in [0, 0.05) is 16.8 Å². The Morgan fingerprint density at radius 3 is 2.24 bits per heavy atom. The van der Waals surface area contributed by atoms with E-state index < -0.39 is 40.5 Å². The zero-order valence-electron chi connectivity index (χ0n) is 17.1. The van der Waals surface area contributed by atoms with Crippen LogP contribution in [0.5, 0.6) is 0 Å². The van der Waals surface area contributed by atoms with Crippen molar-refractivity contribution >= 4 is 29.2 Å². The van der Waals surface area contributed by atoms with Gasteiger partial charge < -0.3 is 5.73 Å². The van der Waals surface area contributed by atoms with Gasteiger partial charge in [-0.3, -0.25) is 4.79 Å². The standard InChI is InChI=1S/C22H31N2O5/c1-2-3-4-5-6-7-8-9-20(26)24(29)21(27)15-18(22(24)28)19(25)14-16-10-12-17(23)13-11-16/h10-13,18,29H,2-9,14-15,23H2,1H3/q+1. The lowest BCUT2D eigenvalue weighted by Gasteiger charge is -2.17. The number of nitrogen functional groups attached to an aromatic ring is 1. The number of amides is 3. The number of hydroxylamine groups is 3. The van der Waals surface area contributed by atoms with E-state index in [2.05, 4.69) is 6.92 Å². The summed E-state index contributed by atoms with van der Waals surface area (Å²) in [5, 5.41) is 10.5. The third-order valence-corrected chi connectivity index (χ3v) is 5.46. The van der Waals surface area contributed by atoms with Crippen molar-refractivity contribution < 1.29 is 29.0 Å². The molecule has 7 heteroatoms.